The van der Waals surface area contributed by atoms with E-state index in [0.717, 1.165) is 12.5 Å². The Morgan fingerprint density at radius 2 is 1.46 bits per heavy atom. The van der Waals surface area contributed by atoms with Crippen LogP contribution in [0.4, 0.5) is 0 Å². The molecular formula is C26H36O6Si3. The molecule has 0 saturated carbocycles. The average Bonchev–Trinajstić information content (AvgIpc) is 2.73. The van der Waals surface area contributed by atoms with E-state index in [9.17, 15) is 9.59 Å². The molecule has 35 heavy (non-hydrogen) atoms. The lowest BCUT2D eigenvalue weighted by Crippen LogP contribution is -2.52. The lowest BCUT2D eigenvalue weighted by Gasteiger charge is -2.38. The normalized spacial score (nSPS) is 12.7. The summed E-state index contributed by atoms with van der Waals surface area (Å²) < 4.78 is 24.3. The Morgan fingerprint density at radius 1 is 0.857 bits per heavy atom. The highest BCUT2D eigenvalue weighted by Gasteiger charge is 2.39. The van der Waals surface area contributed by atoms with Crippen molar-refractivity contribution in [2.75, 3.05) is 6.61 Å². The second kappa shape index (κ2) is 10.8. The molecule has 3 rings (SSSR count). The molecule has 0 fully saturated rings. The number of ether oxygens (including phenoxy) is 1. The molecule has 0 atom stereocenters. The van der Waals surface area contributed by atoms with Gasteiger partial charge in [-0.3, -0.25) is 4.79 Å². The fraction of sp³-hybridized carbons (Fsp3) is 0.385. The highest BCUT2D eigenvalue weighted by Crippen LogP contribution is 2.26. The van der Waals surface area contributed by atoms with Crippen LogP contribution in [-0.2, 0) is 8.23 Å². The zero-order valence-electron chi connectivity index (χ0n) is 21.8. The summed E-state index contributed by atoms with van der Waals surface area (Å²) in [7, 11) is -5.73. The third-order valence-electron chi connectivity index (χ3n) is 5.09. The van der Waals surface area contributed by atoms with Crippen LogP contribution < -0.4 is 10.4 Å². The molecular weight excluding hydrogens is 493 g/mol. The fourth-order valence-corrected chi connectivity index (χ4v) is 16.6. The molecule has 0 amide bonds. The first-order chi connectivity index (χ1) is 16.2. The van der Waals surface area contributed by atoms with Crippen molar-refractivity contribution in [3.05, 3.63) is 76.1 Å². The van der Waals surface area contributed by atoms with Crippen molar-refractivity contribution < 1.29 is 22.2 Å². The lowest BCUT2D eigenvalue weighted by molar-refractivity contribution is 0.103. The van der Waals surface area contributed by atoms with Crippen LogP contribution in [0.5, 0.6) is 5.75 Å². The van der Waals surface area contributed by atoms with Gasteiger partial charge in [0, 0.05) is 10.9 Å². The highest BCUT2D eigenvalue weighted by atomic mass is 28.5. The third-order valence-corrected chi connectivity index (χ3v) is 14.7. The van der Waals surface area contributed by atoms with E-state index in [0.29, 0.717) is 28.9 Å². The maximum Gasteiger partial charge on any atom is 0.347 e. The molecule has 0 aliphatic heterocycles. The Kier molecular flexibility index (Phi) is 8.38. The summed E-state index contributed by atoms with van der Waals surface area (Å²) in [5, 5.41) is 0.710. The van der Waals surface area contributed by atoms with Crippen molar-refractivity contribution in [2.45, 2.75) is 58.3 Å². The van der Waals surface area contributed by atoms with E-state index in [-0.39, 0.29) is 11.3 Å². The number of ketones is 1. The summed E-state index contributed by atoms with van der Waals surface area (Å²) in [6.45, 7) is 15.9. The van der Waals surface area contributed by atoms with Crippen molar-refractivity contribution in [2.24, 2.45) is 0 Å². The smallest absolute Gasteiger partial charge is 0.347 e. The number of rotatable bonds is 11. The molecule has 188 valence electrons. The van der Waals surface area contributed by atoms with E-state index in [2.05, 4.69) is 45.8 Å². The molecule has 1 heterocycles. The molecule has 3 aromatic rings. The van der Waals surface area contributed by atoms with Gasteiger partial charge in [0.15, 0.2) is 22.4 Å². The maximum absolute atomic E-state index is 12.9. The standard InChI is InChI=1S/C26H36O6Si3/c1-33(2,3)31-35(7,32-34(4,5)6)18-10-17-29-22-15-13-20(14-16-22)25(27)23-19-21-11-8-9-12-24(21)30-26(23)28/h8-9,11-16,19H,10,17-18H2,1-7H3. The predicted molar refractivity (Wildman–Crippen MR) is 148 cm³/mol. The van der Waals surface area contributed by atoms with E-state index >= 15 is 0 Å². The Hall–Kier alpha value is -2.31. The van der Waals surface area contributed by atoms with Crippen molar-refractivity contribution >= 4 is 41.9 Å². The van der Waals surface area contributed by atoms with Gasteiger partial charge in [-0.1, -0.05) is 18.2 Å². The van der Waals surface area contributed by atoms with Gasteiger partial charge >= 0.3 is 14.2 Å². The van der Waals surface area contributed by atoms with Crippen molar-refractivity contribution in [3.63, 3.8) is 0 Å². The van der Waals surface area contributed by atoms with E-state index in [1.165, 1.54) is 0 Å². The lowest BCUT2D eigenvalue weighted by atomic mass is 10.0. The van der Waals surface area contributed by atoms with E-state index in [4.69, 9.17) is 17.4 Å². The van der Waals surface area contributed by atoms with Crippen LogP contribution in [0.15, 0.2) is 63.8 Å². The van der Waals surface area contributed by atoms with Crippen LogP contribution in [0.1, 0.15) is 22.3 Å². The van der Waals surface area contributed by atoms with E-state index < -0.39 is 30.8 Å². The molecule has 0 radical (unpaired) electrons. The summed E-state index contributed by atoms with van der Waals surface area (Å²) in [5.41, 5.74) is 0.253. The molecule has 2 aromatic carbocycles. The van der Waals surface area contributed by atoms with Crippen molar-refractivity contribution in [1.82, 2.24) is 0 Å². The first-order valence-electron chi connectivity index (χ1n) is 12.0. The van der Waals surface area contributed by atoms with Crippen LogP contribution in [-0.4, -0.2) is 37.6 Å². The second-order valence-electron chi connectivity index (χ2n) is 10.9. The molecule has 6 nitrogen and oxygen atoms in total. The topological polar surface area (TPSA) is 75.0 Å². The van der Waals surface area contributed by atoms with Crippen LogP contribution in [0.2, 0.25) is 51.9 Å². The Balaban J connectivity index is 1.61. The van der Waals surface area contributed by atoms with Gasteiger partial charge in [0.1, 0.15) is 16.9 Å². The zero-order chi connectivity index (χ0) is 25.9. The minimum atomic E-state index is -2.28. The van der Waals surface area contributed by atoms with Crippen LogP contribution >= 0.6 is 0 Å². The zero-order valence-corrected chi connectivity index (χ0v) is 24.8. The molecule has 0 spiro atoms. The molecule has 0 N–H and O–H groups in total. The van der Waals surface area contributed by atoms with Gasteiger partial charge in [-0.25, -0.2) is 4.79 Å². The van der Waals surface area contributed by atoms with Gasteiger partial charge < -0.3 is 17.4 Å². The van der Waals surface area contributed by atoms with Crippen LogP contribution in [0, 0.1) is 0 Å². The minimum absolute atomic E-state index is 0.0198. The molecule has 0 bridgehead atoms. The summed E-state index contributed by atoms with van der Waals surface area (Å²) in [6.07, 6.45) is 0.830. The molecule has 0 unspecified atom stereocenters. The van der Waals surface area contributed by atoms with Crippen molar-refractivity contribution in [3.8, 4) is 5.75 Å². The number of carbonyl (C=O) groups is 1. The van der Waals surface area contributed by atoms with Gasteiger partial charge in [-0.15, -0.1) is 0 Å². The number of hydrogen-bond donors (Lipinski definition) is 0. The molecule has 9 heteroatoms. The van der Waals surface area contributed by atoms with Gasteiger partial charge in [0.25, 0.3) is 0 Å². The number of benzene rings is 2. The monoisotopic (exact) mass is 528 g/mol. The molecule has 0 aliphatic rings. The minimum Gasteiger partial charge on any atom is -0.494 e. The second-order valence-corrected chi connectivity index (χ2v) is 23.7. The quantitative estimate of drug-likeness (QED) is 0.121. The molecule has 0 aliphatic carbocycles. The SMILES string of the molecule is C[Si](C)(C)O[Si](C)(CCCOc1ccc(C(=O)c2cc3ccccc3oc2=O)cc1)O[Si](C)(C)C. The number of fused-ring (bicyclic) bond motifs is 1. The Morgan fingerprint density at radius 3 is 2.06 bits per heavy atom. The molecule has 0 saturated heterocycles. The first kappa shape index (κ1) is 27.3. The van der Waals surface area contributed by atoms with E-state index in [1.54, 1.807) is 42.5 Å². The molecule has 1 aromatic heterocycles. The van der Waals surface area contributed by atoms with Gasteiger partial charge in [-0.2, -0.15) is 0 Å². The largest absolute Gasteiger partial charge is 0.494 e. The number of hydrogen-bond acceptors (Lipinski definition) is 6. The maximum atomic E-state index is 12.9. The van der Waals surface area contributed by atoms with Crippen LogP contribution in [0.25, 0.3) is 11.0 Å². The highest BCUT2D eigenvalue weighted by molar-refractivity contribution is 6.87. The first-order valence-corrected chi connectivity index (χ1v) is 21.3. The summed E-state index contributed by atoms with van der Waals surface area (Å²) >= 11 is 0. The summed E-state index contributed by atoms with van der Waals surface area (Å²) in [6, 6.07) is 16.4. The van der Waals surface area contributed by atoms with Gasteiger partial charge in [0.05, 0.1) is 6.61 Å². The summed E-state index contributed by atoms with van der Waals surface area (Å²) in [5.74, 6) is 0.303. The third kappa shape index (κ3) is 8.11. The Bertz CT molecular complexity index is 1210. The van der Waals surface area contributed by atoms with Crippen LogP contribution in [0.3, 0.4) is 0 Å². The van der Waals surface area contributed by atoms with E-state index in [1.807, 2.05) is 12.1 Å². The van der Waals surface area contributed by atoms with Crippen molar-refractivity contribution in [1.29, 1.82) is 0 Å². The number of carbonyl (C=O) groups excluding carboxylic acids is 1. The Labute approximate surface area is 210 Å². The number of para-hydroxylation sites is 1. The fourth-order valence-electron chi connectivity index (χ4n) is 4.08. The van der Waals surface area contributed by atoms with Gasteiger partial charge in [0.2, 0.25) is 0 Å². The summed E-state index contributed by atoms with van der Waals surface area (Å²) in [4.78, 5) is 25.2. The average molecular weight is 529 g/mol. The van der Waals surface area contributed by atoms with Gasteiger partial charge in [-0.05, 0) is 94.7 Å². The predicted octanol–water partition coefficient (Wildman–Crippen LogP) is 6.57.